The second kappa shape index (κ2) is 8.20. The molecular weight excluding hydrogens is 348 g/mol. The van der Waals surface area contributed by atoms with Crippen LogP contribution in [-0.2, 0) is 9.53 Å². The molecule has 0 heterocycles. The van der Waals surface area contributed by atoms with E-state index in [-0.39, 0.29) is 12.1 Å². The van der Waals surface area contributed by atoms with Crippen molar-refractivity contribution < 1.29 is 9.53 Å². The van der Waals surface area contributed by atoms with Gasteiger partial charge in [-0.15, -0.1) is 0 Å². The highest BCUT2D eigenvalue weighted by molar-refractivity contribution is 5.92. The molecule has 6 atom stereocenters. The summed E-state index contributed by atoms with van der Waals surface area (Å²) in [5, 5.41) is 4.66. The third kappa shape index (κ3) is 3.41. The molecule has 0 spiro atoms. The van der Waals surface area contributed by atoms with Gasteiger partial charge in [-0.2, -0.15) is 5.10 Å². The van der Waals surface area contributed by atoms with Gasteiger partial charge >= 0.3 is 5.97 Å². The molecule has 158 valence electrons. The first-order chi connectivity index (χ1) is 13.4. The van der Waals surface area contributed by atoms with Crippen molar-refractivity contribution in [1.29, 1.82) is 0 Å². The molecule has 0 amide bonds. The Bertz CT molecular complexity index is 655. The van der Waals surface area contributed by atoms with E-state index in [0.29, 0.717) is 10.8 Å². The van der Waals surface area contributed by atoms with Crippen molar-refractivity contribution >= 4 is 11.7 Å². The maximum atomic E-state index is 11.4. The van der Waals surface area contributed by atoms with Gasteiger partial charge in [-0.3, -0.25) is 4.79 Å². The monoisotopic (exact) mass is 388 g/mol. The minimum absolute atomic E-state index is 0.0954. The van der Waals surface area contributed by atoms with Crippen LogP contribution in [0.1, 0.15) is 86.0 Å². The van der Waals surface area contributed by atoms with E-state index in [9.17, 15) is 4.79 Å². The SMILES string of the molecule is CC.CN/N=C1\CCC2C3CC=C4CC(OC(C)=O)CCC4(C)C3CCC12C. The number of nitrogens with zero attached hydrogens (tertiary/aromatic N) is 1. The van der Waals surface area contributed by atoms with Crippen LogP contribution in [0.3, 0.4) is 0 Å². The molecule has 4 nitrogen and oxygen atoms in total. The van der Waals surface area contributed by atoms with E-state index in [1.165, 1.54) is 44.7 Å². The van der Waals surface area contributed by atoms with E-state index < -0.39 is 0 Å². The smallest absolute Gasteiger partial charge is 0.302 e. The van der Waals surface area contributed by atoms with Gasteiger partial charge in [0.05, 0.1) is 0 Å². The highest BCUT2D eigenvalue weighted by Crippen LogP contribution is 2.64. The number of rotatable bonds is 2. The van der Waals surface area contributed by atoms with E-state index in [0.717, 1.165) is 37.0 Å². The second-order valence-electron chi connectivity index (χ2n) is 9.51. The predicted octanol–water partition coefficient (Wildman–Crippen LogP) is 5.48. The van der Waals surface area contributed by atoms with Gasteiger partial charge in [-0.25, -0.2) is 0 Å². The van der Waals surface area contributed by atoms with E-state index >= 15 is 0 Å². The molecule has 0 aromatic heterocycles. The quantitative estimate of drug-likeness (QED) is 0.387. The number of fused-ring (bicyclic) bond motifs is 5. The molecule has 1 N–H and O–H groups in total. The lowest BCUT2D eigenvalue weighted by atomic mass is 9.48. The zero-order valence-corrected chi connectivity index (χ0v) is 18.8. The Kier molecular flexibility index (Phi) is 6.26. The maximum absolute atomic E-state index is 11.4. The lowest BCUT2D eigenvalue weighted by molar-refractivity contribution is -0.148. The van der Waals surface area contributed by atoms with E-state index in [1.807, 2.05) is 20.9 Å². The number of esters is 1. The van der Waals surface area contributed by atoms with E-state index in [2.05, 4.69) is 30.5 Å². The molecule has 0 aliphatic heterocycles. The summed E-state index contributed by atoms with van der Waals surface area (Å²) in [7, 11) is 1.92. The molecule has 0 saturated heterocycles. The Morgan fingerprint density at radius 3 is 2.50 bits per heavy atom. The van der Waals surface area contributed by atoms with Crippen molar-refractivity contribution in [3.8, 4) is 0 Å². The van der Waals surface area contributed by atoms with Crippen molar-refractivity contribution in [3.05, 3.63) is 11.6 Å². The third-order valence-electron chi connectivity index (χ3n) is 8.38. The molecule has 4 aliphatic carbocycles. The third-order valence-corrected chi connectivity index (χ3v) is 8.38. The fourth-order valence-corrected chi connectivity index (χ4v) is 7.07. The van der Waals surface area contributed by atoms with Crippen molar-refractivity contribution in [2.75, 3.05) is 7.05 Å². The summed E-state index contributed by atoms with van der Waals surface area (Å²) in [6.07, 6.45) is 12.0. The van der Waals surface area contributed by atoms with Crippen LogP contribution in [0, 0.1) is 28.6 Å². The summed E-state index contributed by atoms with van der Waals surface area (Å²) in [5.74, 6) is 2.21. The fraction of sp³-hybridized carbons (Fsp3) is 0.833. The standard InChI is InChI=1S/C22H34N2O2.C2H6/c1-14(25)26-16-9-11-21(2)15(13-16)5-6-17-18-7-8-20(24-23-4)22(18,3)12-10-19(17)21;1-2/h5,16-19,23H,6-13H2,1-4H3;1-2H3/b24-20+;. The summed E-state index contributed by atoms with van der Waals surface area (Å²) in [4.78, 5) is 11.4. The van der Waals surface area contributed by atoms with Crippen LogP contribution in [-0.4, -0.2) is 24.8 Å². The predicted molar refractivity (Wildman–Crippen MR) is 115 cm³/mol. The summed E-state index contributed by atoms with van der Waals surface area (Å²) in [6, 6.07) is 0. The van der Waals surface area contributed by atoms with Crippen LogP contribution in [0.25, 0.3) is 0 Å². The summed E-state index contributed by atoms with van der Waals surface area (Å²) >= 11 is 0. The van der Waals surface area contributed by atoms with Gasteiger partial charge in [-0.1, -0.05) is 39.3 Å². The largest absolute Gasteiger partial charge is 0.462 e. The Morgan fingerprint density at radius 1 is 1.14 bits per heavy atom. The topological polar surface area (TPSA) is 50.7 Å². The van der Waals surface area contributed by atoms with Crippen molar-refractivity contribution in [2.24, 2.45) is 33.7 Å². The number of carbonyl (C=O) groups excluding carboxylic acids is 1. The number of ether oxygens (including phenoxy) is 1. The van der Waals surface area contributed by atoms with Gasteiger partial charge in [0.25, 0.3) is 0 Å². The summed E-state index contributed by atoms with van der Waals surface area (Å²) in [5.41, 5.74) is 6.63. The number of hydrogen-bond acceptors (Lipinski definition) is 4. The molecule has 0 radical (unpaired) electrons. The molecule has 28 heavy (non-hydrogen) atoms. The van der Waals surface area contributed by atoms with Crippen LogP contribution in [0.15, 0.2) is 16.8 Å². The zero-order valence-electron chi connectivity index (χ0n) is 18.8. The Hall–Kier alpha value is -1.32. The first-order valence-electron chi connectivity index (χ1n) is 11.5. The van der Waals surface area contributed by atoms with E-state index in [1.54, 1.807) is 5.57 Å². The Labute approximate surface area is 171 Å². The molecule has 4 rings (SSSR count). The van der Waals surface area contributed by atoms with Crippen molar-refractivity contribution in [2.45, 2.75) is 92.1 Å². The second-order valence-corrected chi connectivity index (χ2v) is 9.51. The average Bonchev–Trinajstić information content (AvgIpc) is 3.00. The van der Waals surface area contributed by atoms with Crippen LogP contribution in [0.2, 0.25) is 0 Å². The molecule has 0 aromatic carbocycles. The fourth-order valence-electron chi connectivity index (χ4n) is 7.07. The molecule has 0 aromatic rings. The number of carbonyl (C=O) groups is 1. The Morgan fingerprint density at radius 2 is 1.82 bits per heavy atom. The van der Waals surface area contributed by atoms with Crippen LogP contribution in [0.5, 0.6) is 0 Å². The molecule has 3 fully saturated rings. The van der Waals surface area contributed by atoms with Crippen LogP contribution in [0.4, 0.5) is 0 Å². The summed E-state index contributed by atoms with van der Waals surface area (Å²) < 4.78 is 5.55. The van der Waals surface area contributed by atoms with Gasteiger partial charge in [0.2, 0.25) is 0 Å². The van der Waals surface area contributed by atoms with E-state index in [4.69, 9.17) is 4.74 Å². The number of hydrogen-bond donors (Lipinski definition) is 1. The molecule has 0 bridgehead atoms. The van der Waals surface area contributed by atoms with Gasteiger partial charge in [0.1, 0.15) is 6.10 Å². The molecule has 3 saturated carbocycles. The highest BCUT2D eigenvalue weighted by atomic mass is 16.5. The first kappa shape index (κ1) is 21.4. The van der Waals surface area contributed by atoms with Crippen molar-refractivity contribution in [1.82, 2.24) is 5.43 Å². The molecule has 6 unspecified atom stereocenters. The number of nitrogens with one attached hydrogen (secondary N) is 1. The maximum Gasteiger partial charge on any atom is 0.302 e. The minimum Gasteiger partial charge on any atom is -0.462 e. The van der Waals surface area contributed by atoms with Crippen LogP contribution >= 0.6 is 0 Å². The van der Waals surface area contributed by atoms with Gasteiger partial charge in [-0.05, 0) is 68.1 Å². The molecule has 4 heteroatoms. The Balaban J connectivity index is 0.00000109. The highest BCUT2D eigenvalue weighted by Gasteiger charge is 2.58. The number of allylic oxidation sites excluding steroid dienone is 1. The zero-order chi connectivity index (χ0) is 20.5. The molecule has 4 aliphatic rings. The normalized spacial score (nSPS) is 42.9. The lowest BCUT2D eigenvalue weighted by Crippen LogP contribution is -2.50. The van der Waals surface area contributed by atoms with Crippen LogP contribution < -0.4 is 5.43 Å². The lowest BCUT2D eigenvalue weighted by Gasteiger charge is -2.57. The van der Waals surface area contributed by atoms with Gasteiger partial charge < -0.3 is 10.2 Å². The number of hydrazone groups is 1. The summed E-state index contributed by atoms with van der Waals surface area (Å²) in [6.45, 7) is 10.5. The minimum atomic E-state index is -0.136. The average molecular weight is 389 g/mol. The first-order valence-corrected chi connectivity index (χ1v) is 11.5. The van der Waals surface area contributed by atoms with Gasteiger partial charge in [0.15, 0.2) is 0 Å². The van der Waals surface area contributed by atoms with Crippen molar-refractivity contribution in [3.63, 3.8) is 0 Å². The molecular formula is C24H40N2O2. The van der Waals surface area contributed by atoms with Gasteiger partial charge in [0, 0.05) is 31.5 Å².